The summed E-state index contributed by atoms with van der Waals surface area (Å²) in [6.45, 7) is 5.95. The Morgan fingerprint density at radius 3 is 2.74 bits per heavy atom. The summed E-state index contributed by atoms with van der Waals surface area (Å²) >= 11 is 3.50. The van der Waals surface area contributed by atoms with Crippen molar-refractivity contribution in [3.05, 3.63) is 28.2 Å². The van der Waals surface area contributed by atoms with Crippen LogP contribution in [0.15, 0.2) is 22.7 Å². The highest BCUT2D eigenvalue weighted by Gasteiger charge is 2.09. The Bertz CT molecular complexity index is 368. The van der Waals surface area contributed by atoms with Crippen LogP contribution >= 0.6 is 15.9 Å². The van der Waals surface area contributed by atoms with Crippen LogP contribution in [0, 0.1) is 5.92 Å². The average Bonchev–Trinajstić information content (AvgIpc) is 2.41. The largest absolute Gasteiger partial charge is 0.493 e. The van der Waals surface area contributed by atoms with E-state index in [0.717, 1.165) is 23.2 Å². The van der Waals surface area contributed by atoms with Gasteiger partial charge in [-0.3, -0.25) is 0 Å². The minimum atomic E-state index is 0.653. The molecule has 2 N–H and O–H groups in total. The van der Waals surface area contributed by atoms with Crippen LogP contribution < -0.4 is 10.5 Å². The molecule has 0 saturated carbocycles. The molecule has 1 aromatic carbocycles. The fourth-order valence-electron chi connectivity index (χ4n) is 2.15. The zero-order chi connectivity index (χ0) is 14.1. The van der Waals surface area contributed by atoms with Crippen molar-refractivity contribution in [1.82, 2.24) is 0 Å². The van der Waals surface area contributed by atoms with Gasteiger partial charge in [-0.1, -0.05) is 49.0 Å². The Kier molecular flexibility index (Phi) is 8.15. The summed E-state index contributed by atoms with van der Waals surface area (Å²) < 4.78 is 7.10. The summed E-state index contributed by atoms with van der Waals surface area (Å²) in [5.41, 5.74) is 6.85. The number of rotatable bonds is 9. The van der Waals surface area contributed by atoms with E-state index in [2.05, 4.69) is 35.8 Å². The minimum Gasteiger partial charge on any atom is -0.493 e. The molecule has 1 rings (SSSR count). The fourth-order valence-corrected chi connectivity index (χ4v) is 2.55. The van der Waals surface area contributed by atoms with Crippen molar-refractivity contribution in [3.8, 4) is 5.75 Å². The molecule has 3 heteroatoms. The second-order valence-electron chi connectivity index (χ2n) is 5.02. The number of nitrogens with two attached hydrogens (primary N) is 1. The van der Waals surface area contributed by atoms with Crippen molar-refractivity contribution < 1.29 is 4.74 Å². The Hall–Kier alpha value is -0.540. The van der Waals surface area contributed by atoms with E-state index in [-0.39, 0.29) is 0 Å². The second-order valence-corrected chi connectivity index (χ2v) is 5.93. The Labute approximate surface area is 125 Å². The van der Waals surface area contributed by atoms with E-state index in [0.29, 0.717) is 12.5 Å². The van der Waals surface area contributed by atoms with Gasteiger partial charge in [0.25, 0.3) is 0 Å². The van der Waals surface area contributed by atoms with Crippen LogP contribution in [-0.4, -0.2) is 13.2 Å². The summed E-state index contributed by atoms with van der Waals surface area (Å²) in [6, 6.07) is 6.18. The third kappa shape index (κ3) is 5.96. The predicted octanol–water partition coefficient (Wildman–Crippen LogP) is 4.55. The lowest BCUT2D eigenvalue weighted by atomic mass is 10.0. The van der Waals surface area contributed by atoms with Crippen molar-refractivity contribution in [2.75, 3.05) is 13.2 Å². The van der Waals surface area contributed by atoms with Gasteiger partial charge in [0, 0.05) is 4.47 Å². The van der Waals surface area contributed by atoms with Gasteiger partial charge in [-0.05, 0) is 49.1 Å². The molecule has 0 spiro atoms. The first-order chi connectivity index (χ1) is 9.21. The summed E-state index contributed by atoms with van der Waals surface area (Å²) in [7, 11) is 0. The normalized spacial score (nSPS) is 12.4. The molecule has 0 heterocycles. The van der Waals surface area contributed by atoms with E-state index >= 15 is 0 Å². The van der Waals surface area contributed by atoms with Gasteiger partial charge in [0.05, 0.1) is 6.61 Å². The van der Waals surface area contributed by atoms with Crippen LogP contribution in [0.4, 0.5) is 0 Å². The van der Waals surface area contributed by atoms with Crippen molar-refractivity contribution in [1.29, 1.82) is 0 Å². The molecular weight excluding hydrogens is 302 g/mol. The lowest BCUT2D eigenvalue weighted by Gasteiger charge is -2.17. The summed E-state index contributed by atoms with van der Waals surface area (Å²) in [5.74, 6) is 1.65. The SMILES string of the molecule is CCCCC(CC)COc1ccc(Br)cc1CCN. The molecule has 1 aromatic rings. The molecule has 0 aliphatic rings. The average molecular weight is 328 g/mol. The quantitative estimate of drug-likeness (QED) is 0.722. The minimum absolute atomic E-state index is 0.653. The smallest absolute Gasteiger partial charge is 0.122 e. The zero-order valence-corrected chi connectivity index (χ0v) is 13.7. The molecular formula is C16H26BrNO. The van der Waals surface area contributed by atoms with E-state index in [1.807, 2.05) is 12.1 Å². The molecule has 0 aliphatic heterocycles. The standard InChI is InChI=1S/C16H26BrNO/c1-3-5-6-13(4-2)12-19-16-8-7-15(17)11-14(16)9-10-18/h7-8,11,13H,3-6,9-10,12,18H2,1-2H3. The molecule has 0 radical (unpaired) electrons. The maximum atomic E-state index is 6.02. The van der Waals surface area contributed by atoms with Gasteiger partial charge in [0.15, 0.2) is 0 Å². The second kappa shape index (κ2) is 9.38. The molecule has 2 nitrogen and oxygen atoms in total. The third-order valence-electron chi connectivity index (χ3n) is 3.45. The Morgan fingerprint density at radius 1 is 1.32 bits per heavy atom. The molecule has 0 bridgehead atoms. The molecule has 1 unspecified atom stereocenters. The van der Waals surface area contributed by atoms with Gasteiger partial charge < -0.3 is 10.5 Å². The number of benzene rings is 1. The molecule has 1 atom stereocenters. The lowest BCUT2D eigenvalue weighted by molar-refractivity contribution is 0.231. The van der Waals surface area contributed by atoms with Crippen molar-refractivity contribution >= 4 is 15.9 Å². The molecule has 19 heavy (non-hydrogen) atoms. The summed E-state index contributed by atoms with van der Waals surface area (Å²) in [6.07, 6.45) is 5.85. The number of hydrogen-bond donors (Lipinski definition) is 1. The van der Waals surface area contributed by atoms with E-state index in [1.54, 1.807) is 0 Å². The third-order valence-corrected chi connectivity index (χ3v) is 3.95. The topological polar surface area (TPSA) is 35.2 Å². The van der Waals surface area contributed by atoms with Crippen LogP contribution in [0.2, 0.25) is 0 Å². The van der Waals surface area contributed by atoms with Gasteiger partial charge in [0.2, 0.25) is 0 Å². The van der Waals surface area contributed by atoms with Crippen LogP contribution in [0.5, 0.6) is 5.75 Å². The Morgan fingerprint density at radius 2 is 2.11 bits per heavy atom. The first-order valence-corrected chi connectivity index (χ1v) is 8.11. The van der Waals surface area contributed by atoms with Gasteiger partial charge in [0.1, 0.15) is 5.75 Å². The number of hydrogen-bond acceptors (Lipinski definition) is 2. The highest BCUT2D eigenvalue weighted by Crippen LogP contribution is 2.25. The van der Waals surface area contributed by atoms with Gasteiger partial charge in [-0.15, -0.1) is 0 Å². The maximum Gasteiger partial charge on any atom is 0.122 e. The Balaban J connectivity index is 2.60. The summed E-state index contributed by atoms with van der Waals surface area (Å²) in [4.78, 5) is 0. The highest BCUT2D eigenvalue weighted by atomic mass is 79.9. The molecule has 0 amide bonds. The van der Waals surface area contributed by atoms with Crippen LogP contribution in [-0.2, 0) is 6.42 Å². The maximum absolute atomic E-state index is 6.02. The van der Waals surface area contributed by atoms with E-state index in [1.165, 1.54) is 31.2 Å². The van der Waals surface area contributed by atoms with E-state index in [4.69, 9.17) is 10.5 Å². The van der Waals surface area contributed by atoms with Crippen LogP contribution in [0.1, 0.15) is 45.1 Å². The predicted molar refractivity (Wildman–Crippen MR) is 85.7 cm³/mol. The molecule has 0 saturated heterocycles. The van der Waals surface area contributed by atoms with Crippen LogP contribution in [0.3, 0.4) is 0 Å². The number of ether oxygens (including phenoxy) is 1. The molecule has 0 aliphatic carbocycles. The summed E-state index contributed by atoms with van der Waals surface area (Å²) in [5, 5.41) is 0. The van der Waals surface area contributed by atoms with E-state index < -0.39 is 0 Å². The lowest BCUT2D eigenvalue weighted by Crippen LogP contribution is -2.13. The van der Waals surface area contributed by atoms with Crippen LogP contribution in [0.25, 0.3) is 0 Å². The number of unbranched alkanes of at least 4 members (excludes halogenated alkanes) is 1. The highest BCUT2D eigenvalue weighted by molar-refractivity contribution is 9.10. The van der Waals surface area contributed by atoms with Crippen molar-refractivity contribution in [2.45, 2.75) is 46.0 Å². The van der Waals surface area contributed by atoms with Gasteiger partial charge in [-0.2, -0.15) is 0 Å². The number of halogens is 1. The van der Waals surface area contributed by atoms with Crippen molar-refractivity contribution in [2.24, 2.45) is 11.7 Å². The molecule has 0 aromatic heterocycles. The zero-order valence-electron chi connectivity index (χ0n) is 12.1. The molecule has 0 fully saturated rings. The first-order valence-electron chi connectivity index (χ1n) is 7.32. The molecule has 108 valence electrons. The fraction of sp³-hybridized carbons (Fsp3) is 0.625. The monoisotopic (exact) mass is 327 g/mol. The van der Waals surface area contributed by atoms with Gasteiger partial charge >= 0.3 is 0 Å². The first kappa shape index (κ1) is 16.5. The van der Waals surface area contributed by atoms with Gasteiger partial charge in [-0.25, -0.2) is 0 Å². The van der Waals surface area contributed by atoms with E-state index in [9.17, 15) is 0 Å². The van der Waals surface area contributed by atoms with Crippen molar-refractivity contribution in [3.63, 3.8) is 0 Å².